The van der Waals surface area contributed by atoms with Gasteiger partial charge in [0.05, 0.1) is 16.6 Å². The molecule has 10 heteroatoms. The Balaban J connectivity index is 1.66. The number of rotatable bonds is 5. The molecule has 2 heterocycles. The number of hydrogen-bond acceptors (Lipinski definition) is 7. The Labute approximate surface area is 228 Å². The molecule has 1 aliphatic rings. The Bertz CT molecular complexity index is 1560. The molecule has 198 valence electrons. The molecule has 0 aliphatic carbocycles. The SMILES string of the molecule is O=C(Nc1ccncc1)[C@@H]1Cc2cc(O)c(O)cc2[C@H](Cc2ccc(O)c(O)c2)N1C(=O)c1ccccc1Cl. The van der Waals surface area contributed by atoms with Gasteiger partial charge in [-0.15, -0.1) is 0 Å². The molecule has 5 N–H and O–H groups in total. The van der Waals surface area contributed by atoms with Gasteiger partial charge in [0.15, 0.2) is 23.0 Å². The number of halogens is 1. The molecule has 4 aromatic rings. The molecule has 5 rings (SSSR count). The van der Waals surface area contributed by atoms with Crippen molar-refractivity contribution in [3.63, 3.8) is 0 Å². The van der Waals surface area contributed by atoms with Gasteiger partial charge in [-0.2, -0.15) is 0 Å². The number of carbonyl (C=O) groups is 2. The third-order valence-electron chi connectivity index (χ3n) is 6.74. The summed E-state index contributed by atoms with van der Waals surface area (Å²) >= 11 is 6.40. The Morgan fingerprint density at radius 1 is 0.897 bits per heavy atom. The van der Waals surface area contributed by atoms with Crippen molar-refractivity contribution in [2.75, 3.05) is 5.32 Å². The number of carbonyl (C=O) groups excluding carboxylic acids is 2. The first kappa shape index (κ1) is 25.9. The number of aromatic nitrogens is 1. The summed E-state index contributed by atoms with van der Waals surface area (Å²) in [4.78, 5) is 33.2. The van der Waals surface area contributed by atoms with Crippen molar-refractivity contribution in [3.8, 4) is 23.0 Å². The van der Waals surface area contributed by atoms with Crippen LogP contribution in [0.1, 0.15) is 33.1 Å². The van der Waals surface area contributed by atoms with E-state index >= 15 is 0 Å². The maximum absolute atomic E-state index is 14.1. The molecule has 2 amide bonds. The van der Waals surface area contributed by atoms with Crippen molar-refractivity contribution >= 4 is 29.1 Å². The Hall–Kier alpha value is -4.76. The van der Waals surface area contributed by atoms with Crippen LogP contribution in [-0.4, -0.2) is 48.2 Å². The van der Waals surface area contributed by atoms with Gasteiger partial charge in [0, 0.05) is 24.5 Å². The van der Waals surface area contributed by atoms with E-state index < -0.39 is 23.9 Å². The zero-order valence-electron chi connectivity index (χ0n) is 20.5. The molecular weight excluding hydrogens is 522 g/mol. The van der Waals surface area contributed by atoms with Crippen LogP contribution in [0.25, 0.3) is 0 Å². The minimum absolute atomic E-state index is 0.0492. The number of anilines is 1. The van der Waals surface area contributed by atoms with E-state index in [2.05, 4.69) is 10.3 Å². The van der Waals surface area contributed by atoms with Crippen LogP contribution in [0.5, 0.6) is 23.0 Å². The summed E-state index contributed by atoms with van der Waals surface area (Å²) in [7, 11) is 0. The van der Waals surface area contributed by atoms with Gasteiger partial charge in [0.1, 0.15) is 6.04 Å². The van der Waals surface area contributed by atoms with Gasteiger partial charge in [-0.1, -0.05) is 29.8 Å². The lowest BCUT2D eigenvalue weighted by Crippen LogP contribution is -2.53. The molecule has 0 bridgehead atoms. The molecule has 39 heavy (non-hydrogen) atoms. The monoisotopic (exact) mass is 545 g/mol. The number of nitrogens with zero attached hydrogens (tertiary/aromatic N) is 2. The maximum atomic E-state index is 14.1. The fraction of sp³-hybridized carbons (Fsp3) is 0.138. The number of hydrogen-bond donors (Lipinski definition) is 5. The number of benzene rings is 3. The van der Waals surface area contributed by atoms with Gasteiger partial charge in [0.25, 0.3) is 5.91 Å². The largest absolute Gasteiger partial charge is 0.504 e. The first-order valence-corrected chi connectivity index (χ1v) is 12.4. The second-order valence-electron chi connectivity index (χ2n) is 9.22. The van der Waals surface area contributed by atoms with E-state index in [1.165, 1.54) is 41.6 Å². The highest BCUT2D eigenvalue weighted by Gasteiger charge is 2.42. The topological polar surface area (TPSA) is 143 Å². The zero-order chi connectivity index (χ0) is 27.7. The third-order valence-corrected chi connectivity index (χ3v) is 7.07. The Kier molecular flexibility index (Phi) is 7.00. The predicted octanol–water partition coefficient (Wildman–Crippen LogP) is 4.55. The molecule has 0 saturated carbocycles. The van der Waals surface area contributed by atoms with Crippen LogP contribution in [0.15, 0.2) is 79.1 Å². The quantitative estimate of drug-likeness (QED) is 0.231. The van der Waals surface area contributed by atoms with Crippen LogP contribution in [-0.2, 0) is 17.6 Å². The van der Waals surface area contributed by atoms with E-state index in [1.807, 2.05) is 0 Å². The van der Waals surface area contributed by atoms with Gasteiger partial charge < -0.3 is 30.6 Å². The average molecular weight is 546 g/mol. The first-order chi connectivity index (χ1) is 18.7. The van der Waals surface area contributed by atoms with E-state index in [0.29, 0.717) is 22.4 Å². The Morgan fingerprint density at radius 3 is 2.31 bits per heavy atom. The van der Waals surface area contributed by atoms with Crippen molar-refractivity contribution in [2.45, 2.75) is 24.9 Å². The second kappa shape index (κ2) is 10.5. The van der Waals surface area contributed by atoms with Crippen molar-refractivity contribution in [3.05, 3.63) is 106 Å². The number of phenols is 4. The van der Waals surface area contributed by atoms with Crippen molar-refractivity contribution in [1.29, 1.82) is 0 Å². The summed E-state index contributed by atoms with van der Waals surface area (Å²) < 4.78 is 0. The molecule has 0 saturated heterocycles. The molecule has 1 aliphatic heterocycles. The standard InChI is InChI=1S/C29H24ClN3O6/c30-21-4-2-1-3-19(21)29(39)33-22(11-16-5-6-24(34)25(35)12-16)20-15-27(37)26(36)14-17(20)13-23(33)28(38)32-18-7-9-31-10-8-18/h1-10,12,14-15,22-23,34-37H,11,13H2,(H,31,32,38)/t22-,23-/m0/s1. The summed E-state index contributed by atoms with van der Waals surface area (Å²) in [5.74, 6) is -2.36. The van der Waals surface area contributed by atoms with E-state index in [4.69, 9.17) is 11.6 Å². The fourth-order valence-corrected chi connectivity index (χ4v) is 5.08. The van der Waals surface area contributed by atoms with E-state index in [0.717, 1.165) is 0 Å². The molecule has 3 aromatic carbocycles. The number of nitrogens with one attached hydrogen (secondary N) is 1. The lowest BCUT2D eigenvalue weighted by molar-refractivity contribution is -0.121. The van der Waals surface area contributed by atoms with Crippen LogP contribution in [0, 0.1) is 0 Å². The van der Waals surface area contributed by atoms with E-state index in [1.54, 1.807) is 42.5 Å². The molecule has 0 radical (unpaired) electrons. The van der Waals surface area contributed by atoms with Gasteiger partial charge in [-0.25, -0.2) is 0 Å². The summed E-state index contributed by atoms with van der Waals surface area (Å²) in [6.07, 6.45) is 3.21. The molecule has 9 nitrogen and oxygen atoms in total. The fourth-order valence-electron chi connectivity index (χ4n) is 4.86. The second-order valence-corrected chi connectivity index (χ2v) is 9.63. The van der Waals surface area contributed by atoms with Gasteiger partial charge in [-0.05, 0) is 71.6 Å². The van der Waals surface area contributed by atoms with Gasteiger partial charge in [0.2, 0.25) is 5.91 Å². The third kappa shape index (κ3) is 5.17. The number of pyridine rings is 1. The summed E-state index contributed by atoms with van der Waals surface area (Å²) in [5.41, 5.74) is 2.31. The van der Waals surface area contributed by atoms with Crippen molar-refractivity contribution < 1.29 is 30.0 Å². The van der Waals surface area contributed by atoms with Crippen LogP contribution in [0.2, 0.25) is 5.02 Å². The average Bonchev–Trinajstić information content (AvgIpc) is 2.92. The number of phenolic OH excluding ortho intramolecular Hbond substituents is 4. The first-order valence-electron chi connectivity index (χ1n) is 12.1. The molecular formula is C29H24ClN3O6. The highest BCUT2D eigenvalue weighted by molar-refractivity contribution is 6.33. The van der Waals surface area contributed by atoms with E-state index in [9.17, 15) is 30.0 Å². The maximum Gasteiger partial charge on any atom is 0.256 e. The summed E-state index contributed by atoms with van der Waals surface area (Å²) in [6, 6.07) is 14.9. The van der Waals surface area contributed by atoms with Crippen LogP contribution >= 0.6 is 11.6 Å². The smallest absolute Gasteiger partial charge is 0.256 e. The molecule has 0 fully saturated rings. The molecule has 0 unspecified atom stereocenters. The zero-order valence-corrected chi connectivity index (χ0v) is 21.2. The molecule has 2 atom stereocenters. The van der Waals surface area contributed by atoms with Crippen molar-refractivity contribution in [2.24, 2.45) is 0 Å². The van der Waals surface area contributed by atoms with Crippen LogP contribution < -0.4 is 5.32 Å². The van der Waals surface area contributed by atoms with Crippen LogP contribution in [0.4, 0.5) is 5.69 Å². The predicted molar refractivity (Wildman–Crippen MR) is 144 cm³/mol. The highest BCUT2D eigenvalue weighted by Crippen LogP contribution is 2.42. The Morgan fingerprint density at radius 2 is 1.59 bits per heavy atom. The normalized spacial score (nSPS) is 16.4. The highest BCUT2D eigenvalue weighted by atomic mass is 35.5. The molecule has 1 aromatic heterocycles. The van der Waals surface area contributed by atoms with Crippen molar-refractivity contribution in [1.82, 2.24) is 9.88 Å². The van der Waals surface area contributed by atoms with Gasteiger partial charge >= 0.3 is 0 Å². The number of aromatic hydroxyl groups is 4. The summed E-state index contributed by atoms with van der Waals surface area (Å²) in [5, 5.41) is 43.6. The number of amides is 2. The minimum Gasteiger partial charge on any atom is -0.504 e. The molecule has 0 spiro atoms. The van der Waals surface area contributed by atoms with Gasteiger partial charge in [-0.3, -0.25) is 14.6 Å². The summed E-state index contributed by atoms with van der Waals surface area (Å²) in [6.45, 7) is 0. The lowest BCUT2D eigenvalue weighted by Gasteiger charge is -2.43. The van der Waals surface area contributed by atoms with Crippen LogP contribution in [0.3, 0.4) is 0 Å². The lowest BCUT2D eigenvalue weighted by atomic mass is 9.83. The minimum atomic E-state index is -1.03. The van der Waals surface area contributed by atoms with E-state index in [-0.39, 0.29) is 46.4 Å². The number of fused-ring (bicyclic) bond motifs is 1.